The number of hydrogen-bond donors (Lipinski definition) is 1. The molecule has 1 aromatic heterocycles. The first-order valence-electron chi connectivity index (χ1n) is 6.17. The largest absolute Gasteiger partial charge is 0.439 e. The van der Waals surface area contributed by atoms with Crippen molar-refractivity contribution in [3.8, 4) is 11.3 Å². The monoisotopic (exact) mass is 342 g/mol. The van der Waals surface area contributed by atoms with E-state index in [2.05, 4.69) is 40.1 Å². The first-order chi connectivity index (χ1) is 9.06. The third kappa shape index (κ3) is 4.06. The minimum Gasteiger partial charge on any atom is -0.439 e. The molecule has 1 N–H and O–H groups in total. The SMILES string of the molecule is CC(C)CNCc1ncc(-c2cc(Br)ccc2Cl)o1. The number of hydrogen-bond acceptors (Lipinski definition) is 3. The Balaban J connectivity index is 2.10. The summed E-state index contributed by atoms with van der Waals surface area (Å²) in [5, 5.41) is 3.95. The number of rotatable bonds is 5. The van der Waals surface area contributed by atoms with Gasteiger partial charge < -0.3 is 9.73 Å². The van der Waals surface area contributed by atoms with Gasteiger partial charge in [-0.3, -0.25) is 0 Å². The highest BCUT2D eigenvalue weighted by molar-refractivity contribution is 9.10. The van der Waals surface area contributed by atoms with Crippen molar-refractivity contribution >= 4 is 27.5 Å². The van der Waals surface area contributed by atoms with Crippen LogP contribution in [0, 0.1) is 5.92 Å². The smallest absolute Gasteiger partial charge is 0.208 e. The number of aromatic nitrogens is 1. The van der Waals surface area contributed by atoms with Gasteiger partial charge in [0.05, 0.1) is 17.8 Å². The van der Waals surface area contributed by atoms with Crippen molar-refractivity contribution in [3.05, 3.63) is 39.8 Å². The predicted molar refractivity (Wildman–Crippen MR) is 81.2 cm³/mol. The van der Waals surface area contributed by atoms with Crippen molar-refractivity contribution in [1.29, 1.82) is 0 Å². The van der Waals surface area contributed by atoms with Gasteiger partial charge in [-0.05, 0) is 30.7 Å². The van der Waals surface area contributed by atoms with Crippen LogP contribution in [0.4, 0.5) is 0 Å². The summed E-state index contributed by atoms with van der Waals surface area (Å²) in [6, 6.07) is 5.65. The second-order valence-electron chi connectivity index (χ2n) is 4.77. The second kappa shape index (κ2) is 6.55. The zero-order chi connectivity index (χ0) is 13.8. The number of halogens is 2. The quantitative estimate of drug-likeness (QED) is 0.868. The topological polar surface area (TPSA) is 38.1 Å². The lowest BCUT2D eigenvalue weighted by atomic mass is 10.2. The van der Waals surface area contributed by atoms with E-state index in [4.69, 9.17) is 16.0 Å². The lowest BCUT2D eigenvalue weighted by Gasteiger charge is -2.04. The number of oxazole rings is 1. The van der Waals surface area contributed by atoms with Crippen LogP contribution in [-0.2, 0) is 6.54 Å². The maximum Gasteiger partial charge on any atom is 0.208 e. The van der Waals surface area contributed by atoms with Crippen molar-refractivity contribution in [3.63, 3.8) is 0 Å². The first kappa shape index (κ1) is 14.6. The van der Waals surface area contributed by atoms with Crippen LogP contribution < -0.4 is 5.32 Å². The summed E-state index contributed by atoms with van der Waals surface area (Å²) in [5.41, 5.74) is 0.846. The van der Waals surface area contributed by atoms with Gasteiger partial charge in [0.1, 0.15) is 0 Å². The Morgan fingerprint density at radius 1 is 1.42 bits per heavy atom. The lowest BCUT2D eigenvalue weighted by molar-refractivity contribution is 0.459. The van der Waals surface area contributed by atoms with E-state index >= 15 is 0 Å². The molecule has 0 amide bonds. The van der Waals surface area contributed by atoms with Gasteiger partial charge in [0, 0.05) is 10.0 Å². The average molecular weight is 344 g/mol. The van der Waals surface area contributed by atoms with Crippen molar-refractivity contribution in [2.24, 2.45) is 5.92 Å². The lowest BCUT2D eigenvalue weighted by Crippen LogP contribution is -2.18. The van der Waals surface area contributed by atoms with Gasteiger partial charge in [-0.25, -0.2) is 4.98 Å². The van der Waals surface area contributed by atoms with Gasteiger partial charge >= 0.3 is 0 Å². The number of nitrogens with zero attached hydrogens (tertiary/aromatic N) is 1. The standard InChI is InChI=1S/C14H16BrClN2O/c1-9(2)6-17-8-14-18-7-13(19-14)11-5-10(15)3-4-12(11)16/h3-5,7,9,17H,6,8H2,1-2H3. The fraction of sp³-hybridized carbons (Fsp3) is 0.357. The minimum absolute atomic E-state index is 0.606. The Labute approximate surface area is 126 Å². The zero-order valence-corrected chi connectivity index (χ0v) is 13.3. The van der Waals surface area contributed by atoms with Crippen LogP contribution in [0.1, 0.15) is 19.7 Å². The molecule has 2 aromatic rings. The highest BCUT2D eigenvalue weighted by Crippen LogP contribution is 2.31. The van der Waals surface area contributed by atoms with Crippen LogP contribution in [-0.4, -0.2) is 11.5 Å². The molecule has 5 heteroatoms. The fourth-order valence-corrected chi connectivity index (χ4v) is 2.24. The summed E-state index contributed by atoms with van der Waals surface area (Å²) in [4.78, 5) is 4.26. The molecule has 0 aliphatic carbocycles. The van der Waals surface area contributed by atoms with Gasteiger partial charge in [-0.1, -0.05) is 41.4 Å². The molecule has 1 aromatic carbocycles. The van der Waals surface area contributed by atoms with Gasteiger partial charge in [0.25, 0.3) is 0 Å². The zero-order valence-electron chi connectivity index (χ0n) is 10.9. The molecule has 19 heavy (non-hydrogen) atoms. The summed E-state index contributed by atoms with van der Waals surface area (Å²) >= 11 is 9.59. The minimum atomic E-state index is 0.606. The molecule has 3 nitrogen and oxygen atoms in total. The Morgan fingerprint density at radius 3 is 2.95 bits per heavy atom. The van der Waals surface area contributed by atoms with E-state index in [9.17, 15) is 0 Å². The second-order valence-corrected chi connectivity index (χ2v) is 6.09. The van der Waals surface area contributed by atoms with E-state index in [1.807, 2.05) is 18.2 Å². The summed E-state index contributed by atoms with van der Waals surface area (Å²) in [7, 11) is 0. The fourth-order valence-electron chi connectivity index (χ4n) is 1.67. The molecule has 0 saturated carbocycles. The maximum absolute atomic E-state index is 6.16. The summed E-state index contributed by atoms with van der Waals surface area (Å²) < 4.78 is 6.67. The Kier molecular flexibility index (Phi) is 5.02. The molecule has 2 rings (SSSR count). The molecular weight excluding hydrogens is 328 g/mol. The molecular formula is C14H16BrClN2O. The van der Waals surface area contributed by atoms with E-state index in [0.717, 1.165) is 16.6 Å². The number of nitrogens with one attached hydrogen (secondary N) is 1. The molecule has 0 fully saturated rings. The molecule has 0 bridgehead atoms. The van der Waals surface area contributed by atoms with Crippen LogP contribution >= 0.6 is 27.5 Å². The highest BCUT2D eigenvalue weighted by atomic mass is 79.9. The van der Waals surface area contributed by atoms with Gasteiger partial charge in [0.15, 0.2) is 5.76 Å². The van der Waals surface area contributed by atoms with E-state index in [1.165, 1.54) is 0 Å². The van der Waals surface area contributed by atoms with E-state index in [1.54, 1.807) is 6.20 Å². The van der Waals surface area contributed by atoms with Crippen LogP contribution in [0.2, 0.25) is 5.02 Å². The molecule has 0 radical (unpaired) electrons. The van der Waals surface area contributed by atoms with Crippen molar-refractivity contribution in [2.45, 2.75) is 20.4 Å². The number of benzene rings is 1. The van der Waals surface area contributed by atoms with Crippen LogP contribution in [0.3, 0.4) is 0 Å². The molecule has 102 valence electrons. The third-order valence-corrected chi connectivity index (χ3v) is 3.40. The Bertz CT molecular complexity index is 554. The van der Waals surface area contributed by atoms with Crippen LogP contribution in [0.25, 0.3) is 11.3 Å². The van der Waals surface area contributed by atoms with Gasteiger partial charge in [-0.15, -0.1) is 0 Å². The summed E-state index contributed by atoms with van der Waals surface area (Å²) in [6.07, 6.45) is 1.71. The van der Waals surface area contributed by atoms with Crippen molar-refractivity contribution < 1.29 is 4.42 Å². The predicted octanol–water partition coefficient (Wildman–Crippen LogP) is 4.50. The molecule has 0 spiro atoms. The summed E-state index contributed by atoms with van der Waals surface area (Å²) in [5.74, 6) is 1.97. The maximum atomic E-state index is 6.16. The molecule has 0 aliphatic heterocycles. The van der Waals surface area contributed by atoms with Crippen molar-refractivity contribution in [1.82, 2.24) is 10.3 Å². The highest BCUT2D eigenvalue weighted by Gasteiger charge is 2.10. The Hall–Kier alpha value is -0.840. The van der Waals surface area contributed by atoms with E-state index < -0.39 is 0 Å². The Morgan fingerprint density at radius 2 is 2.21 bits per heavy atom. The summed E-state index contributed by atoms with van der Waals surface area (Å²) in [6.45, 7) is 5.89. The molecule has 0 unspecified atom stereocenters. The third-order valence-electron chi connectivity index (χ3n) is 2.58. The van der Waals surface area contributed by atoms with Crippen LogP contribution in [0.5, 0.6) is 0 Å². The van der Waals surface area contributed by atoms with Crippen LogP contribution in [0.15, 0.2) is 33.3 Å². The van der Waals surface area contributed by atoms with Gasteiger partial charge in [-0.2, -0.15) is 0 Å². The normalized spacial score (nSPS) is 11.2. The van der Waals surface area contributed by atoms with E-state index in [0.29, 0.717) is 29.1 Å². The first-order valence-corrected chi connectivity index (χ1v) is 7.34. The van der Waals surface area contributed by atoms with E-state index in [-0.39, 0.29) is 0 Å². The molecule has 0 atom stereocenters. The molecule has 1 heterocycles. The molecule has 0 aliphatic rings. The average Bonchev–Trinajstić information content (AvgIpc) is 2.80. The van der Waals surface area contributed by atoms with Crippen molar-refractivity contribution in [2.75, 3.05) is 6.54 Å². The molecule has 0 saturated heterocycles. The van der Waals surface area contributed by atoms with Gasteiger partial charge in [0.2, 0.25) is 5.89 Å².